The molecule has 0 aromatic heterocycles. The zero-order valence-corrected chi connectivity index (χ0v) is 9.86. The molecule has 0 spiro atoms. The fourth-order valence-electron chi connectivity index (χ4n) is 1.93. The molecule has 0 aliphatic carbocycles. The molecule has 0 saturated carbocycles. The topological polar surface area (TPSA) is 38.8 Å². The van der Waals surface area contributed by atoms with Crippen LogP contribution in [-0.4, -0.2) is 57.2 Å². The lowest BCUT2D eigenvalue weighted by Crippen LogP contribution is -2.44. The number of ketones is 1. The monoisotopic (exact) mass is 215 g/mol. The smallest absolute Gasteiger partial charge is 0.138 e. The van der Waals surface area contributed by atoms with Gasteiger partial charge in [0.1, 0.15) is 5.78 Å². The van der Waals surface area contributed by atoms with Crippen molar-refractivity contribution >= 4 is 5.78 Å². The summed E-state index contributed by atoms with van der Waals surface area (Å²) < 4.78 is 10.4. The number of ether oxygens (including phenoxy) is 2. The molecule has 4 heteroatoms. The minimum Gasteiger partial charge on any atom is -0.382 e. The standard InChI is InChI=1S/C11H21NO3/c1-9-6-12(5-4-11(9)13)7-10(15-3)8-14-2/h9-10H,4-8H2,1-3H3. The highest BCUT2D eigenvalue weighted by Gasteiger charge is 2.25. The van der Waals surface area contributed by atoms with Gasteiger partial charge >= 0.3 is 0 Å². The second-order valence-electron chi connectivity index (χ2n) is 4.19. The maximum atomic E-state index is 11.3. The molecule has 4 nitrogen and oxygen atoms in total. The second-order valence-corrected chi connectivity index (χ2v) is 4.19. The summed E-state index contributed by atoms with van der Waals surface area (Å²) in [5, 5.41) is 0. The Bertz CT molecular complexity index is 208. The Labute approximate surface area is 91.5 Å². The lowest BCUT2D eigenvalue weighted by atomic mass is 9.98. The third kappa shape index (κ3) is 3.89. The number of carbonyl (C=O) groups is 1. The van der Waals surface area contributed by atoms with E-state index >= 15 is 0 Å². The molecule has 0 N–H and O–H groups in total. The van der Waals surface area contributed by atoms with E-state index < -0.39 is 0 Å². The fourth-order valence-corrected chi connectivity index (χ4v) is 1.93. The van der Waals surface area contributed by atoms with Crippen LogP contribution in [0.25, 0.3) is 0 Å². The van der Waals surface area contributed by atoms with Gasteiger partial charge in [-0.25, -0.2) is 0 Å². The number of carbonyl (C=O) groups excluding carboxylic acids is 1. The van der Waals surface area contributed by atoms with E-state index in [1.807, 2.05) is 6.92 Å². The molecule has 1 aliphatic heterocycles. The molecular formula is C11H21NO3. The van der Waals surface area contributed by atoms with Gasteiger partial charge in [-0.3, -0.25) is 9.69 Å². The number of hydrogen-bond acceptors (Lipinski definition) is 4. The molecule has 1 saturated heterocycles. The summed E-state index contributed by atoms with van der Waals surface area (Å²) in [6.45, 7) is 5.15. The first-order valence-corrected chi connectivity index (χ1v) is 5.44. The normalized spacial score (nSPS) is 25.5. The zero-order chi connectivity index (χ0) is 11.3. The van der Waals surface area contributed by atoms with Crippen LogP contribution in [0.2, 0.25) is 0 Å². The predicted octanol–water partition coefficient (Wildman–Crippen LogP) is 0.559. The molecule has 0 aromatic rings. The Morgan fingerprint density at radius 1 is 1.53 bits per heavy atom. The zero-order valence-electron chi connectivity index (χ0n) is 9.86. The quantitative estimate of drug-likeness (QED) is 0.671. The van der Waals surface area contributed by atoms with Crippen molar-refractivity contribution in [2.75, 3.05) is 40.5 Å². The molecule has 88 valence electrons. The van der Waals surface area contributed by atoms with Crippen LogP contribution in [-0.2, 0) is 14.3 Å². The van der Waals surface area contributed by atoms with Gasteiger partial charge in [0.05, 0.1) is 12.7 Å². The van der Waals surface area contributed by atoms with Crippen LogP contribution in [0.5, 0.6) is 0 Å². The van der Waals surface area contributed by atoms with E-state index in [1.54, 1.807) is 14.2 Å². The molecule has 15 heavy (non-hydrogen) atoms. The molecule has 1 fully saturated rings. The average Bonchev–Trinajstić information content (AvgIpc) is 2.23. The molecule has 1 rings (SSSR count). The lowest BCUT2D eigenvalue weighted by Gasteiger charge is -2.32. The maximum absolute atomic E-state index is 11.3. The average molecular weight is 215 g/mol. The van der Waals surface area contributed by atoms with Gasteiger partial charge in [0.25, 0.3) is 0 Å². The summed E-state index contributed by atoms with van der Waals surface area (Å²) in [6, 6.07) is 0. The SMILES string of the molecule is COCC(CN1CCC(=O)C(C)C1)OC. The fraction of sp³-hybridized carbons (Fsp3) is 0.909. The third-order valence-electron chi connectivity index (χ3n) is 2.90. The van der Waals surface area contributed by atoms with E-state index in [2.05, 4.69) is 4.90 Å². The number of piperidine rings is 1. The highest BCUT2D eigenvalue weighted by atomic mass is 16.5. The van der Waals surface area contributed by atoms with Crippen LogP contribution in [0, 0.1) is 5.92 Å². The molecule has 1 aliphatic rings. The summed E-state index contributed by atoms with van der Waals surface area (Å²) in [5.74, 6) is 0.547. The van der Waals surface area contributed by atoms with E-state index in [1.165, 1.54) is 0 Å². The van der Waals surface area contributed by atoms with Gasteiger partial charge in [0, 0.05) is 46.2 Å². The first-order valence-electron chi connectivity index (χ1n) is 5.44. The first-order chi connectivity index (χ1) is 7.17. The Morgan fingerprint density at radius 2 is 2.27 bits per heavy atom. The summed E-state index contributed by atoms with van der Waals surface area (Å²) in [4.78, 5) is 13.6. The van der Waals surface area contributed by atoms with Gasteiger partial charge in [-0.2, -0.15) is 0 Å². The Morgan fingerprint density at radius 3 is 2.80 bits per heavy atom. The molecule has 0 bridgehead atoms. The Balaban J connectivity index is 2.34. The number of nitrogens with zero attached hydrogens (tertiary/aromatic N) is 1. The Hall–Kier alpha value is -0.450. The van der Waals surface area contributed by atoms with E-state index in [-0.39, 0.29) is 12.0 Å². The number of likely N-dealkylation sites (tertiary alicyclic amines) is 1. The molecule has 0 aromatic carbocycles. The van der Waals surface area contributed by atoms with Crippen LogP contribution in [0.1, 0.15) is 13.3 Å². The van der Waals surface area contributed by atoms with E-state index in [4.69, 9.17) is 9.47 Å². The number of Topliss-reactive ketones (excluding diaryl/α,β-unsaturated/α-hetero) is 1. The van der Waals surface area contributed by atoms with Crippen molar-refractivity contribution in [3.63, 3.8) is 0 Å². The summed E-state index contributed by atoms with van der Waals surface area (Å²) in [6.07, 6.45) is 0.778. The number of hydrogen-bond donors (Lipinski definition) is 0. The van der Waals surface area contributed by atoms with Crippen molar-refractivity contribution in [2.45, 2.75) is 19.4 Å². The van der Waals surface area contributed by atoms with Crippen LogP contribution in [0.4, 0.5) is 0 Å². The minimum absolute atomic E-state index is 0.107. The minimum atomic E-state index is 0.107. The van der Waals surface area contributed by atoms with Gasteiger partial charge in [0.15, 0.2) is 0 Å². The summed E-state index contributed by atoms with van der Waals surface area (Å²) >= 11 is 0. The molecule has 0 amide bonds. The number of rotatable bonds is 5. The van der Waals surface area contributed by atoms with Gasteiger partial charge in [-0.05, 0) is 0 Å². The molecule has 2 unspecified atom stereocenters. The van der Waals surface area contributed by atoms with Crippen LogP contribution in [0.15, 0.2) is 0 Å². The largest absolute Gasteiger partial charge is 0.382 e. The van der Waals surface area contributed by atoms with Crippen molar-refractivity contribution in [3.8, 4) is 0 Å². The molecular weight excluding hydrogens is 194 g/mol. The predicted molar refractivity (Wildman–Crippen MR) is 57.9 cm³/mol. The van der Waals surface area contributed by atoms with Crippen molar-refractivity contribution in [1.82, 2.24) is 4.90 Å². The third-order valence-corrected chi connectivity index (χ3v) is 2.90. The molecule has 0 radical (unpaired) electrons. The van der Waals surface area contributed by atoms with Crippen molar-refractivity contribution in [1.29, 1.82) is 0 Å². The van der Waals surface area contributed by atoms with Crippen LogP contribution >= 0.6 is 0 Å². The van der Waals surface area contributed by atoms with Gasteiger partial charge in [-0.1, -0.05) is 6.92 Å². The maximum Gasteiger partial charge on any atom is 0.138 e. The number of methoxy groups -OCH3 is 2. The van der Waals surface area contributed by atoms with Crippen molar-refractivity contribution in [3.05, 3.63) is 0 Å². The molecule has 1 heterocycles. The highest BCUT2D eigenvalue weighted by Crippen LogP contribution is 2.12. The highest BCUT2D eigenvalue weighted by molar-refractivity contribution is 5.81. The van der Waals surface area contributed by atoms with Gasteiger partial charge < -0.3 is 9.47 Å². The lowest BCUT2D eigenvalue weighted by molar-refractivity contribution is -0.126. The summed E-state index contributed by atoms with van der Waals surface area (Å²) in [5.41, 5.74) is 0. The summed E-state index contributed by atoms with van der Waals surface area (Å²) in [7, 11) is 3.37. The van der Waals surface area contributed by atoms with Crippen molar-refractivity contribution in [2.24, 2.45) is 5.92 Å². The van der Waals surface area contributed by atoms with E-state index in [0.29, 0.717) is 18.8 Å². The van der Waals surface area contributed by atoms with Crippen LogP contribution in [0.3, 0.4) is 0 Å². The van der Waals surface area contributed by atoms with E-state index in [9.17, 15) is 4.79 Å². The van der Waals surface area contributed by atoms with E-state index in [0.717, 1.165) is 19.6 Å². The van der Waals surface area contributed by atoms with Crippen LogP contribution < -0.4 is 0 Å². The first kappa shape index (κ1) is 12.6. The van der Waals surface area contributed by atoms with Crippen molar-refractivity contribution < 1.29 is 14.3 Å². The van der Waals surface area contributed by atoms with Gasteiger partial charge in [-0.15, -0.1) is 0 Å². The molecule has 2 atom stereocenters. The Kier molecular flexibility index (Phi) is 5.22. The second kappa shape index (κ2) is 6.20. The van der Waals surface area contributed by atoms with Gasteiger partial charge in [0.2, 0.25) is 0 Å².